The lowest BCUT2D eigenvalue weighted by molar-refractivity contribution is -0.117. The molecule has 3 N–H and O–H groups in total. The summed E-state index contributed by atoms with van der Waals surface area (Å²) in [4.78, 5) is 17.8. The van der Waals surface area contributed by atoms with Gasteiger partial charge in [0.15, 0.2) is 0 Å². The third-order valence-corrected chi connectivity index (χ3v) is 7.31. The molecule has 2 unspecified atom stereocenters. The van der Waals surface area contributed by atoms with Gasteiger partial charge in [0.2, 0.25) is 5.91 Å². The summed E-state index contributed by atoms with van der Waals surface area (Å²) in [6.07, 6.45) is 2.21. The summed E-state index contributed by atoms with van der Waals surface area (Å²) in [7, 11) is -3.66. The van der Waals surface area contributed by atoms with Gasteiger partial charge in [-0.05, 0) is 55.3 Å². The second-order valence-electron chi connectivity index (χ2n) is 8.58. The van der Waals surface area contributed by atoms with E-state index >= 15 is 0 Å². The number of hydrogen-bond donors (Lipinski definition) is 3. The molecule has 1 aliphatic rings. The number of sulfonamides is 1. The molecule has 3 aromatic rings. The number of aliphatic imine (C=N–C) groups is 1. The molecule has 1 amide bonds. The van der Waals surface area contributed by atoms with Gasteiger partial charge in [-0.2, -0.15) is 0 Å². The summed E-state index contributed by atoms with van der Waals surface area (Å²) in [6, 6.07) is 23.8. The van der Waals surface area contributed by atoms with E-state index in [1.165, 1.54) is 11.6 Å². The van der Waals surface area contributed by atoms with Crippen LogP contribution >= 0.6 is 0 Å². The fourth-order valence-electron chi connectivity index (χ4n) is 3.99. The summed E-state index contributed by atoms with van der Waals surface area (Å²) in [5.41, 5.74) is 3.28. The Balaban J connectivity index is 1.47. The monoisotopic (exact) mass is 490 g/mol. The van der Waals surface area contributed by atoms with E-state index < -0.39 is 16.1 Å². The van der Waals surface area contributed by atoms with Crippen molar-refractivity contribution in [3.63, 3.8) is 0 Å². The van der Waals surface area contributed by atoms with Gasteiger partial charge in [-0.25, -0.2) is 8.42 Å². The van der Waals surface area contributed by atoms with E-state index in [4.69, 9.17) is 0 Å². The van der Waals surface area contributed by atoms with Gasteiger partial charge in [-0.15, -0.1) is 0 Å². The van der Waals surface area contributed by atoms with Gasteiger partial charge >= 0.3 is 0 Å². The predicted molar refractivity (Wildman–Crippen MR) is 140 cm³/mol. The van der Waals surface area contributed by atoms with Crippen molar-refractivity contribution in [2.75, 3.05) is 10.6 Å². The number of rotatable bonds is 9. The SMILES string of the molecule is CCCCC(N=C1NS(=O)(=O)c2ccccc21)C(=O)Nc1ccc(NC(C)c2ccccc2)cc1. The second-order valence-corrected chi connectivity index (χ2v) is 10.2. The van der Waals surface area contributed by atoms with E-state index in [0.717, 1.165) is 18.5 Å². The summed E-state index contributed by atoms with van der Waals surface area (Å²) < 4.78 is 27.3. The van der Waals surface area contributed by atoms with Crippen LogP contribution in [0.25, 0.3) is 0 Å². The van der Waals surface area contributed by atoms with Crippen LogP contribution in [-0.4, -0.2) is 26.2 Å². The Labute approximate surface area is 206 Å². The van der Waals surface area contributed by atoms with E-state index in [-0.39, 0.29) is 22.7 Å². The molecule has 2 atom stereocenters. The number of carbonyl (C=O) groups is 1. The molecule has 1 aliphatic heterocycles. The first-order chi connectivity index (χ1) is 16.9. The molecule has 0 fully saturated rings. The van der Waals surface area contributed by atoms with Crippen molar-refractivity contribution in [3.05, 3.63) is 90.0 Å². The van der Waals surface area contributed by atoms with Crippen molar-refractivity contribution >= 4 is 33.1 Å². The highest BCUT2D eigenvalue weighted by atomic mass is 32.2. The van der Waals surface area contributed by atoms with Crippen LogP contribution in [0.5, 0.6) is 0 Å². The van der Waals surface area contributed by atoms with Crippen molar-refractivity contribution in [3.8, 4) is 0 Å². The molecule has 0 spiro atoms. The van der Waals surface area contributed by atoms with Crippen LogP contribution in [0.2, 0.25) is 0 Å². The number of amidine groups is 1. The molecule has 182 valence electrons. The maximum Gasteiger partial charge on any atom is 0.263 e. The molecule has 0 saturated heterocycles. The first-order valence-electron chi connectivity index (χ1n) is 11.8. The lowest BCUT2D eigenvalue weighted by Crippen LogP contribution is -2.30. The standard InChI is InChI=1S/C27H30N4O3S/c1-3-4-13-24(30-26-23-12-8-9-14-25(23)35(33,34)31-26)27(32)29-22-17-15-21(16-18-22)28-19(2)20-10-6-5-7-11-20/h5-12,14-19,24,28H,3-4,13H2,1-2H3,(H,29,32)(H,30,31). The fraction of sp³-hybridized carbons (Fsp3) is 0.259. The van der Waals surface area contributed by atoms with Gasteiger partial charge in [-0.1, -0.05) is 62.2 Å². The average Bonchev–Trinajstić information content (AvgIpc) is 3.13. The predicted octanol–water partition coefficient (Wildman–Crippen LogP) is 5.10. The molecule has 0 radical (unpaired) electrons. The highest BCUT2D eigenvalue weighted by Crippen LogP contribution is 2.24. The largest absolute Gasteiger partial charge is 0.379 e. The van der Waals surface area contributed by atoms with Crippen molar-refractivity contribution in [1.29, 1.82) is 0 Å². The van der Waals surface area contributed by atoms with Crippen molar-refractivity contribution < 1.29 is 13.2 Å². The van der Waals surface area contributed by atoms with Crippen LogP contribution in [0.15, 0.2) is 88.8 Å². The van der Waals surface area contributed by atoms with E-state index in [2.05, 4.69) is 39.4 Å². The fourth-order valence-corrected chi connectivity index (χ4v) is 5.23. The zero-order chi connectivity index (χ0) is 24.8. The molecule has 1 heterocycles. The van der Waals surface area contributed by atoms with Gasteiger partial charge in [0.25, 0.3) is 10.0 Å². The van der Waals surface area contributed by atoms with Crippen LogP contribution in [0.4, 0.5) is 11.4 Å². The number of fused-ring (bicyclic) bond motifs is 1. The Bertz CT molecular complexity index is 1310. The number of hydrogen-bond acceptors (Lipinski definition) is 5. The molecule has 3 aromatic carbocycles. The smallest absolute Gasteiger partial charge is 0.263 e. The van der Waals surface area contributed by atoms with Gasteiger partial charge in [0.05, 0.1) is 4.90 Å². The Kier molecular flexibility index (Phi) is 7.51. The van der Waals surface area contributed by atoms with Gasteiger partial charge in [0, 0.05) is 23.0 Å². The van der Waals surface area contributed by atoms with Crippen LogP contribution in [-0.2, 0) is 14.8 Å². The number of nitrogens with one attached hydrogen (secondary N) is 3. The normalized spacial score (nSPS) is 16.7. The Morgan fingerprint density at radius 1 is 0.943 bits per heavy atom. The average molecular weight is 491 g/mol. The van der Waals surface area contributed by atoms with Gasteiger partial charge in [-0.3, -0.25) is 14.5 Å². The quantitative estimate of drug-likeness (QED) is 0.389. The van der Waals surface area contributed by atoms with Crippen molar-refractivity contribution in [2.45, 2.75) is 50.1 Å². The summed E-state index contributed by atoms with van der Waals surface area (Å²) in [5.74, 6) is -0.0563. The Hall–Kier alpha value is -3.65. The van der Waals surface area contributed by atoms with Crippen LogP contribution in [0.3, 0.4) is 0 Å². The third kappa shape index (κ3) is 5.89. The molecule has 35 heavy (non-hydrogen) atoms. The molecule has 0 saturated carbocycles. The number of carbonyl (C=O) groups excluding carboxylic acids is 1. The molecule has 7 nitrogen and oxygen atoms in total. The number of unbranched alkanes of at least 4 members (excludes halogenated alkanes) is 1. The number of nitrogens with zero attached hydrogens (tertiary/aromatic N) is 1. The molecular formula is C27H30N4O3S. The minimum Gasteiger partial charge on any atom is -0.379 e. The molecule has 4 rings (SSSR count). The lowest BCUT2D eigenvalue weighted by Gasteiger charge is -2.17. The van der Waals surface area contributed by atoms with Crippen LogP contribution in [0, 0.1) is 0 Å². The first-order valence-corrected chi connectivity index (χ1v) is 13.3. The maximum atomic E-state index is 13.1. The number of anilines is 2. The van der Waals surface area contributed by atoms with Crippen LogP contribution in [0.1, 0.15) is 50.3 Å². The Morgan fingerprint density at radius 3 is 2.31 bits per heavy atom. The van der Waals surface area contributed by atoms with Gasteiger partial charge < -0.3 is 10.6 Å². The molecule has 8 heteroatoms. The first kappa shape index (κ1) is 24.5. The number of amides is 1. The highest BCUT2D eigenvalue weighted by Gasteiger charge is 2.31. The van der Waals surface area contributed by atoms with E-state index in [0.29, 0.717) is 17.7 Å². The highest BCUT2D eigenvalue weighted by molar-refractivity contribution is 7.90. The van der Waals surface area contributed by atoms with E-state index in [1.54, 1.807) is 18.2 Å². The minimum atomic E-state index is -3.66. The maximum absolute atomic E-state index is 13.1. The topological polar surface area (TPSA) is 99.7 Å². The third-order valence-electron chi connectivity index (χ3n) is 5.92. The summed E-state index contributed by atoms with van der Waals surface area (Å²) >= 11 is 0. The van der Waals surface area contributed by atoms with Crippen molar-refractivity contribution in [2.24, 2.45) is 4.99 Å². The summed E-state index contributed by atoms with van der Waals surface area (Å²) in [5, 5.41) is 6.39. The second kappa shape index (κ2) is 10.7. The lowest BCUT2D eigenvalue weighted by atomic mass is 10.1. The van der Waals surface area contributed by atoms with Gasteiger partial charge in [0.1, 0.15) is 11.9 Å². The summed E-state index contributed by atoms with van der Waals surface area (Å²) in [6.45, 7) is 4.13. The minimum absolute atomic E-state index is 0.143. The molecule has 0 aliphatic carbocycles. The van der Waals surface area contributed by atoms with E-state index in [1.807, 2.05) is 49.4 Å². The zero-order valence-corrected chi connectivity index (χ0v) is 20.7. The molecule has 0 bridgehead atoms. The van der Waals surface area contributed by atoms with Crippen LogP contribution < -0.4 is 15.4 Å². The zero-order valence-electron chi connectivity index (χ0n) is 19.9. The molecular weight excluding hydrogens is 460 g/mol. The molecule has 0 aromatic heterocycles. The Morgan fingerprint density at radius 2 is 1.60 bits per heavy atom. The van der Waals surface area contributed by atoms with E-state index in [9.17, 15) is 13.2 Å². The number of benzene rings is 3. The van der Waals surface area contributed by atoms with Crippen molar-refractivity contribution in [1.82, 2.24) is 4.72 Å².